The van der Waals surface area contributed by atoms with Crippen LogP contribution in [0.3, 0.4) is 0 Å². The zero-order valence-electron chi connectivity index (χ0n) is 17.7. The number of nitrogens with one attached hydrogen (secondary N) is 1. The second kappa shape index (κ2) is 9.23. The number of benzene rings is 3. The number of pyridine rings is 1. The van der Waals surface area contributed by atoms with Crippen LogP contribution < -0.4 is 20.5 Å². The fourth-order valence-electron chi connectivity index (χ4n) is 3.24. The number of hydrogen-bond acceptors (Lipinski definition) is 6. The average molecular weight is 463 g/mol. The number of rotatable bonds is 7. The number of nitrogens with two attached hydrogens (primary N) is 1. The molecule has 0 aliphatic carbocycles. The lowest BCUT2D eigenvalue weighted by atomic mass is 10.2. The highest BCUT2D eigenvalue weighted by atomic mass is 35.5. The highest BCUT2D eigenvalue weighted by Crippen LogP contribution is 2.30. The van der Waals surface area contributed by atoms with Crippen molar-refractivity contribution in [3.8, 4) is 17.6 Å². The molecule has 4 rings (SSSR count). The number of para-hydroxylation sites is 1. The lowest BCUT2D eigenvalue weighted by molar-refractivity contribution is 0.179. The zero-order chi connectivity index (χ0) is 23.4. The molecule has 0 fully saturated rings. The predicted molar refractivity (Wildman–Crippen MR) is 127 cm³/mol. The van der Waals surface area contributed by atoms with Gasteiger partial charge in [0, 0.05) is 23.9 Å². The number of nitrogens with zero attached hydrogens (tertiary/aromatic N) is 2. The minimum absolute atomic E-state index is 0.0221. The lowest BCUT2D eigenvalue weighted by Gasteiger charge is -2.26. The van der Waals surface area contributed by atoms with E-state index >= 15 is 0 Å². The molecule has 1 heterocycles. The van der Waals surface area contributed by atoms with Crippen LogP contribution in [0, 0.1) is 17.1 Å². The summed E-state index contributed by atoms with van der Waals surface area (Å²) in [5.74, 6) is 0.404. The summed E-state index contributed by atoms with van der Waals surface area (Å²) in [5.41, 5.74) is 6.95. The Bertz CT molecular complexity index is 1360. The molecule has 0 saturated heterocycles. The Labute approximate surface area is 195 Å². The summed E-state index contributed by atoms with van der Waals surface area (Å²) < 4.78 is 25.2. The summed E-state index contributed by atoms with van der Waals surface area (Å²) >= 11 is 5.96. The standard InChI is InChI=1S/C25H20ClFN4O2/c1-25(15-28,33-19-11-16-5-2-3-8-22(16)30-13-19)31-23-10-9-18(12-21(23)29)32-14-17-6-4-7-20(27)24(17)26/h2-13,31H,14,29H2,1H3. The molecule has 1 unspecified atom stereocenters. The molecule has 1 atom stereocenters. The van der Waals surface area contributed by atoms with E-state index in [-0.39, 0.29) is 11.6 Å². The Balaban J connectivity index is 1.47. The first-order valence-electron chi connectivity index (χ1n) is 10.1. The largest absolute Gasteiger partial charge is 0.489 e. The van der Waals surface area contributed by atoms with Crippen LogP contribution in [-0.4, -0.2) is 10.7 Å². The second-order valence-electron chi connectivity index (χ2n) is 7.49. The van der Waals surface area contributed by atoms with Gasteiger partial charge in [-0.3, -0.25) is 4.98 Å². The first-order chi connectivity index (χ1) is 15.9. The summed E-state index contributed by atoms with van der Waals surface area (Å²) in [6, 6.07) is 21.1. The van der Waals surface area contributed by atoms with E-state index in [2.05, 4.69) is 16.4 Å². The van der Waals surface area contributed by atoms with Gasteiger partial charge in [-0.1, -0.05) is 41.9 Å². The van der Waals surface area contributed by atoms with E-state index in [1.807, 2.05) is 30.3 Å². The Hall–Kier alpha value is -4.02. The number of aromatic nitrogens is 1. The van der Waals surface area contributed by atoms with Crippen molar-refractivity contribution in [2.24, 2.45) is 0 Å². The molecule has 8 heteroatoms. The first-order valence-corrected chi connectivity index (χ1v) is 10.4. The highest BCUT2D eigenvalue weighted by Gasteiger charge is 2.27. The Morgan fingerprint density at radius 1 is 1.12 bits per heavy atom. The zero-order valence-corrected chi connectivity index (χ0v) is 18.4. The van der Waals surface area contributed by atoms with Crippen molar-refractivity contribution in [2.75, 3.05) is 11.1 Å². The maximum absolute atomic E-state index is 13.6. The molecule has 0 radical (unpaired) electrons. The van der Waals surface area contributed by atoms with Crippen LogP contribution in [0.2, 0.25) is 5.02 Å². The van der Waals surface area contributed by atoms with Crippen LogP contribution in [-0.2, 0) is 6.61 Å². The van der Waals surface area contributed by atoms with Crippen molar-refractivity contribution in [3.63, 3.8) is 0 Å². The maximum atomic E-state index is 13.6. The third-order valence-corrected chi connectivity index (χ3v) is 5.35. The van der Waals surface area contributed by atoms with Crippen LogP contribution in [0.15, 0.2) is 72.9 Å². The molecule has 0 amide bonds. The molecule has 0 aliphatic rings. The predicted octanol–water partition coefficient (Wildman–Crippen LogP) is 5.92. The quantitative estimate of drug-likeness (QED) is 0.261. The first kappa shape index (κ1) is 22.2. The van der Waals surface area contributed by atoms with E-state index in [4.69, 9.17) is 26.8 Å². The molecular weight excluding hydrogens is 443 g/mol. The van der Waals surface area contributed by atoms with Gasteiger partial charge in [0.25, 0.3) is 5.72 Å². The van der Waals surface area contributed by atoms with Gasteiger partial charge >= 0.3 is 0 Å². The van der Waals surface area contributed by atoms with Crippen LogP contribution in [0.4, 0.5) is 15.8 Å². The van der Waals surface area contributed by atoms with Gasteiger partial charge < -0.3 is 20.5 Å². The van der Waals surface area contributed by atoms with Crippen molar-refractivity contribution in [1.29, 1.82) is 5.26 Å². The second-order valence-corrected chi connectivity index (χ2v) is 7.86. The molecule has 6 nitrogen and oxygen atoms in total. The minimum atomic E-state index is -1.41. The molecular formula is C25H20ClFN4O2. The van der Waals surface area contributed by atoms with Crippen LogP contribution in [0.5, 0.6) is 11.5 Å². The molecule has 1 aromatic heterocycles. The van der Waals surface area contributed by atoms with Crippen LogP contribution >= 0.6 is 11.6 Å². The van der Waals surface area contributed by atoms with E-state index in [1.165, 1.54) is 6.07 Å². The average Bonchev–Trinajstić information content (AvgIpc) is 2.81. The van der Waals surface area contributed by atoms with Crippen molar-refractivity contribution >= 4 is 33.9 Å². The number of hydrogen-bond donors (Lipinski definition) is 2. The van der Waals surface area contributed by atoms with Gasteiger partial charge in [-0.25, -0.2) is 4.39 Å². The van der Waals surface area contributed by atoms with E-state index in [0.717, 1.165) is 10.9 Å². The van der Waals surface area contributed by atoms with Crippen molar-refractivity contribution < 1.29 is 13.9 Å². The molecule has 166 valence electrons. The Kier molecular flexibility index (Phi) is 6.20. The third kappa shape index (κ3) is 5.08. The third-order valence-electron chi connectivity index (χ3n) is 4.92. The van der Waals surface area contributed by atoms with Gasteiger partial charge in [-0.05, 0) is 30.3 Å². The number of halogens is 2. The Morgan fingerprint density at radius 3 is 2.73 bits per heavy atom. The summed E-state index contributed by atoms with van der Waals surface area (Å²) in [4.78, 5) is 4.36. The number of ether oxygens (including phenoxy) is 2. The fourth-order valence-corrected chi connectivity index (χ4v) is 3.42. The smallest absolute Gasteiger partial charge is 0.266 e. The van der Waals surface area contributed by atoms with Crippen molar-refractivity contribution in [1.82, 2.24) is 4.98 Å². The molecule has 4 aromatic rings. The number of fused-ring (bicyclic) bond motifs is 1. The summed E-state index contributed by atoms with van der Waals surface area (Å²) in [6.45, 7) is 1.68. The van der Waals surface area contributed by atoms with E-state index < -0.39 is 11.5 Å². The minimum Gasteiger partial charge on any atom is -0.489 e. The normalized spacial score (nSPS) is 12.5. The summed E-state index contributed by atoms with van der Waals surface area (Å²) in [7, 11) is 0. The topological polar surface area (TPSA) is 93.2 Å². The van der Waals surface area contributed by atoms with Gasteiger partial charge in [-0.15, -0.1) is 0 Å². The van der Waals surface area contributed by atoms with Crippen LogP contribution in [0.1, 0.15) is 12.5 Å². The number of nitriles is 1. The van der Waals surface area contributed by atoms with E-state index in [1.54, 1.807) is 43.5 Å². The van der Waals surface area contributed by atoms with Gasteiger partial charge in [-0.2, -0.15) is 5.26 Å². The molecule has 33 heavy (non-hydrogen) atoms. The van der Waals surface area contributed by atoms with Crippen LogP contribution in [0.25, 0.3) is 10.9 Å². The fraction of sp³-hybridized carbons (Fsp3) is 0.120. The molecule has 0 aliphatic heterocycles. The number of nitrogen functional groups attached to an aromatic ring is 1. The van der Waals surface area contributed by atoms with Crippen molar-refractivity contribution in [3.05, 3.63) is 89.3 Å². The highest BCUT2D eigenvalue weighted by molar-refractivity contribution is 6.31. The Morgan fingerprint density at radius 2 is 1.94 bits per heavy atom. The van der Waals surface area contributed by atoms with Gasteiger partial charge in [0.2, 0.25) is 0 Å². The SMILES string of the molecule is CC(C#N)(Nc1ccc(OCc2cccc(F)c2Cl)cc1N)Oc1cnc2ccccc2c1. The maximum Gasteiger partial charge on any atom is 0.266 e. The summed E-state index contributed by atoms with van der Waals surface area (Å²) in [6.07, 6.45) is 1.57. The summed E-state index contributed by atoms with van der Waals surface area (Å²) in [5, 5.41) is 13.7. The van der Waals surface area contributed by atoms with Crippen molar-refractivity contribution in [2.45, 2.75) is 19.3 Å². The molecule has 0 spiro atoms. The van der Waals surface area contributed by atoms with Gasteiger partial charge in [0.15, 0.2) is 0 Å². The molecule has 3 N–H and O–H groups in total. The molecule has 0 saturated carbocycles. The molecule has 0 bridgehead atoms. The van der Waals surface area contributed by atoms with Gasteiger partial charge in [0.1, 0.15) is 30.0 Å². The van der Waals surface area contributed by atoms with E-state index in [9.17, 15) is 9.65 Å². The van der Waals surface area contributed by atoms with Gasteiger partial charge in [0.05, 0.1) is 28.1 Å². The van der Waals surface area contributed by atoms with E-state index in [0.29, 0.717) is 28.4 Å². The monoisotopic (exact) mass is 462 g/mol. The molecule has 3 aromatic carbocycles. The number of anilines is 2. The lowest BCUT2D eigenvalue weighted by Crippen LogP contribution is -2.39.